The van der Waals surface area contributed by atoms with Crippen molar-refractivity contribution in [3.8, 4) is 0 Å². The highest BCUT2D eigenvalue weighted by Crippen LogP contribution is 2.73. The third kappa shape index (κ3) is 4.30. The van der Waals surface area contributed by atoms with E-state index in [9.17, 15) is 4.79 Å². The number of benzene rings is 1. The molecular formula is C34H46O5. The van der Waals surface area contributed by atoms with E-state index in [2.05, 4.69) is 34.6 Å². The molecule has 4 aliphatic rings. The van der Waals surface area contributed by atoms with Crippen LogP contribution in [0.15, 0.2) is 53.3 Å². The second-order valence-corrected chi connectivity index (χ2v) is 14.3. The molecule has 39 heavy (non-hydrogen) atoms. The molecule has 1 aliphatic heterocycles. The number of carbonyl (C=O) groups is 1. The first-order valence-corrected chi connectivity index (χ1v) is 15.0. The Kier molecular flexibility index (Phi) is 6.58. The Labute approximate surface area is 234 Å². The van der Waals surface area contributed by atoms with E-state index in [1.165, 1.54) is 32.1 Å². The van der Waals surface area contributed by atoms with Crippen molar-refractivity contribution >= 4 is 5.97 Å². The SMILES string of the molecule is CO[C@H](C(=O)O[C@@H](C[C@H]1[C@]2(C)CC[C@H]3C(C)(C)CCC[C@]3(C)[C@H]2C[C@@H]2O[C@@]21C)c1ccoc1)c1ccccc1. The highest BCUT2D eigenvalue weighted by Gasteiger charge is 2.72. The fourth-order valence-electron chi connectivity index (χ4n) is 10.00. The molecule has 0 radical (unpaired) electrons. The molecule has 0 bridgehead atoms. The number of hydrogen-bond acceptors (Lipinski definition) is 5. The predicted octanol–water partition coefficient (Wildman–Crippen LogP) is 8.07. The van der Waals surface area contributed by atoms with Crippen LogP contribution in [0.4, 0.5) is 0 Å². The van der Waals surface area contributed by atoms with Crippen LogP contribution in [-0.2, 0) is 19.0 Å². The summed E-state index contributed by atoms with van der Waals surface area (Å²) in [6.07, 6.45) is 10.8. The van der Waals surface area contributed by atoms with Gasteiger partial charge in [0, 0.05) is 12.7 Å². The summed E-state index contributed by atoms with van der Waals surface area (Å²) in [4.78, 5) is 13.6. The van der Waals surface area contributed by atoms with Gasteiger partial charge >= 0.3 is 5.97 Å². The van der Waals surface area contributed by atoms with Crippen LogP contribution in [0.1, 0.15) is 103 Å². The van der Waals surface area contributed by atoms with Crippen LogP contribution in [0.3, 0.4) is 0 Å². The van der Waals surface area contributed by atoms with Crippen LogP contribution in [0.5, 0.6) is 0 Å². The lowest BCUT2D eigenvalue weighted by atomic mass is 9.38. The Balaban J connectivity index is 1.31. The van der Waals surface area contributed by atoms with Crippen molar-refractivity contribution in [3.05, 3.63) is 60.1 Å². The van der Waals surface area contributed by atoms with Crippen molar-refractivity contribution < 1.29 is 23.4 Å². The topological polar surface area (TPSA) is 61.2 Å². The summed E-state index contributed by atoms with van der Waals surface area (Å²) in [6, 6.07) is 11.5. The van der Waals surface area contributed by atoms with Gasteiger partial charge in [-0.1, -0.05) is 64.4 Å². The van der Waals surface area contributed by atoms with Gasteiger partial charge in [0.25, 0.3) is 0 Å². The largest absolute Gasteiger partial charge is 0.472 e. The molecule has 9 atom stereocenters. The third-order valence-electron chi connectivity index (χ3n) is 11.9. The van der Waals surface area contributed by atoms with Crippen LogP contribution >= 0.6 is 0 Å². The molecule has 0 N–H and O–H groups in total. The molecule has 5 nitrogen and oxygen atoms in total. The molecule has 2 heterocycles. The molecule has 3 saturated carbocycles. The molecule has 4 fully saturated rings. The van der Waals surface area contributed by atoms with Crippen LogP contribution < -0.4 is 0 Å². The van der Waals surface area contributed by atoms with Gasteiger partial charge in [-0.15, -0.1) is 0 Å². The van der Waals surface area contributed by atoms with Gasteiger partial charge in [-0.25, -0.2) is 4.79 Å². The van der Waals surface area contributed by atoms with E-state index in [0.717, 1.165) is 29.9 Å². The summed E-state index contributed by atoms with van der Waals surface area (Å²) in [5.41, 5.74) is 2.34. The van der Waals surface area contributed by atoms with Gasteiger partial charge in [0.05, 0.1) is 24.2 Å². The molecule has 5 heteroatoms. The summed E-state index contributed by atoms with van der Waals surface area (Å²) in [7, 11) is 1.56. The van der Waals surface area contributed by atoms with Crippen LogP contribution in [-0.4, -0.2) is 24.8 Å². The van der Waals surface area contributed by atoms with E-state index in [-0.39, 0.29) is 29.0 Å². The number of ether oxygens (including phenoxy) is 3. The van der Waals surface area contributed by atoms with Gasteiger partial charge in [0.2, 0.25) is 0 Å². The number of methoxy groups -OCH3 is 1. The minimum atomic E-state index is -0.769. The number of esters is 1. The molecule has 1 aromatic carbocycles. The molecule has 3 aliphatic carbocycles. The zero-order valence-corrected chi connectivity index (χ0v) is 24.6. The van der Waals surface area contributed by atoms with Gasteiger partial charge in [0.1, 0.15) is 6.10 Å². The number of hydrogen-bond donors (Lipinski definition) is 0. The van der Waals surface area contributed by atoms with Crippen molar-refractivity contribution in [2.24, 2.45) is 34.0 Å². The maximum atomic E-state index is 13.6. The summed E-state index contributed by atoms with van der Waals surface area (Å²) in [5.74, 6) is 1.26. The lowest BCUT2D eigenvalue weighted by Crippen LogP contribution is -2.61. The number of fused-ring (bicyclic) bond motifs is 4. The van der Waals surface area contributed by atoms with E-state index in [1.54, 1.807) is 19.6 Å². The van der Waals surface area contributed by atoms with Crippen molar-refractivity contribution in [1.29, 1.82) is 0 Å². The minimum absolute atomic E-state index is 0.120. The third-order valence-corrected chi connectivity index (χ3v) is 11.9. The molecule has 0 spiro atoms. The van der Waals surface area contributed by atoms with Crippen LogP contribution in [0, 0.1) is 34.0 Å². The first kappa shape index (κ1) is 27.1. The number of rotatable bonds is 7. The van der Waals surface area contributed by atoms with Gasteiger partial charge in [-0.3, -0.25) is 0 Å². The second kappa shape index (κ2) is 9.48. The standard InChI is InChI=1S/C34H46O5/c1-31(2)15-10-16-32(3)25(31)13-17-33(4)26(32)20-28-34(5,39-28)27(33)19-24(23-14-18-37-21-23)38-30(35)29(36-6)22-11-8-7-9-12-22/h7-9,11-12,14,18,21,24-29H,10,13,15-17,19-20H2,1-6H3/t24-,25-,26+,27-,28-,29-,32-,33+,34+/m0/s1. The Morgan fingerprint density at radius 3 is 2.44 bits per heavy atom. The van der Waals surface area contributed by atoms with Gasteiger partial charge < -0.3 is 18.6 Å². The lowest BCUT2D eigenvalue weighted by Gasteiger charge is -2.66. The summed E-state index contributed by atoms with van der Waals surface area (Å²) in [5, 5.41) is 0. The summed E-state index contributed by atoms with van der Waals surface area (Å²) in [6.45, 7) is 12.4. The van der Waals surface area contributed by atoms with E-state index in [0.29, 0.717) is 16.7 Å². The minimum Gasteiger partial charge on any atom is -0.472 e. The monoisotopic (exact) mass is 534 g/mol. The number of furan rings is 1. The highest BCUT2D eigenvalue weighted by molar-refractivity contribution is 5.76. The summed E-state index contributed by atoms with van der Waals surface area (Å²) >= 11 is 0. The molecule has 6 rings (SSSR count). The quantitative estimate of drug-likeness (QED) is 0.265. The maximum absolute atomic E-state index is 13.6. The predicted molar refractivity (Wildman–Crippen MR) is 150 cm³/mol. The maximum Gasteiger partial charge on any atom is 0.340 e. The average molecular weight is 535 g/mol. The van der Waals surface area contributed by atoms with Crippen molar-refractivity contribution in [2.75, 3.05) is 7.11 Å². The molecule has 0 unspecified atom stereocenters. The first-order chi connectivity index (χ1) is 18.5. The van der Waals surface area contributed by atoms with Gasteiger partial charge in [-0.05, 0) is 91.1 Å². The number of carbonyl (C=O) groups excluding carboxylic acids is 1. The molecule has 2 aromatic rings. The van der Waals surface area contributed by atoms with E-state index >= 15 is 0 Å². The molecule has 1 saturated heterocycles. The Morgan fingerprint density at radius 2 is 1.74 bits per heavy atom. The van der Waals surface area contributed by atoms with Crippen molar-refractivity contribution in [1.82, 2.24) is 0 Å². The Hall–Kier alpha value is -2.11. The van der Waals surface area contributed by atoms with E-state index in [1.807, 2.05) is 36.4 Å². The van der Waals surface area contributed by atoms with Crippen molar-refractivity contribution in [3.63, 3.8) is 0 Å². The zero-order chi connectivity index (χ0) is 27.6. The molecule has 1 aromatic heterocycles. The van der Waals surface area contributed by atoms with Gasteiger partial charge in [-0.2, -0.15) is 0 Å². The zero-order valence-electron chi connectivity index (χ0n) is 24.6. The van der Waals surface area contributed by atoms with Gasteiger partial charge in [0.15, 0.2) is 6.10 Å². The lowest BCUT2D eigenvalue weighted by molar-refractivity contribution is -0.177. The van der Waals surface area contributed by atoms with Crippen molar-refractivity contribution in [2.45, 2.75) is 103 Å². The van der Waals surface area contributed by atoms with E-state index < -0.39 is 12.2 Å². The van der Waals surface area contributed by atoms with Crippen LogP contribution in [0.25, 0.3) is 0 Å². The molecule has 212 valence electrons. The normalized spacial score (nSPS) is 39.9. The molecule has 0 amide bonds. The number of epoxide rings is 1. The Bertz CT molecular complexity index is 1170. The van der Waals surface area contributed by atoms with Crippen LogP contribution in [0.2, 0.25) is 0 Å². The smallest absolute Gasteiger partial charge is 0.340 e. The first-order valence-electron chi connectivity index (χ1n) is 15.0. The molecular weight excluding hydrogens is 488 g/mol. The highest BCUT2D eigenvalue weighted by atomic mass is 16.6. The fraction of sp³-hybridized carbons (Fsp3) is 0.676. The average Bonchev–Trinajstić information content (AvgIpc) is 3.28. The Morgan fingerprint density at radius 1 is 0.974 bits per heavy atom. The second-order valence-electron chi connectivity index (χ2n) is 14.3. The summed E-state index contributed by atoms with van der Waals surface area (Å²) < 4.78 is 24.0. The fourth-order valence-corrected chi connectivity index (χ4v) is 10.00. The van der Waals surface area contributed by atoms with E-state index in [4.69, 9.17) is 18.6 Å².